The zero-order valence-corrected chi connectivity index (χ0v) is 37.8. The van der Waals surface area contributed by atoms with Gasteiger partial charge in [-0.25, -0.2) is 19.5 Å². The number of amides is 3. The number of benzene rings is 1. The number of thiazole rings is 1. The minimum Gasteiger partial charge on any atom is -0.496 e. The molecular formula is C44H61N7O8S2. The largest absolute Gasteiger partial charge is 0.496 e. The lowest BCUT2D eigenvalue weighted by atomic mass is 9.92. The van der Waals surface area contributed by atoms with Gasteiger partial charge in [0.25, 0.3) is 0 Å². The first-order valence-electron chi connectivity index (χ1n) is 21.7. The van der Waals surface area contributed by atoms with Crippen molar-refractivity contribution in [2.75, 3.05) is 33.1 Å². The van der Waals surface area contributed by atoms with E-state index < -0.39 is 39.8 Å². The number of allylic oxidation sites excluding steroid dienone is 2. The van der Waals surface area contributed by atoms with E-state index in [9.17, 15) is 22.8 Å². The molecule has 1 saturated heterocycles. The molecule has 0 spiro atoms. The molecule has 2 aromatic heterocycles. The van der Waals surface area contributed by atoms with Gasteiger partial charge in [-0.3, -0.25) is 9.59 Å². The van der Waals surface area contributed by atoms with Crippen molar-refractivity contribution in [2.45, 2.75) is 135 Å². The van der Waals surface area contributed by atoms with Crippen LogP contribution in [-0.4, -0.2) is 104 Å². The number of nitrogens with one attached hydrogen (secondary N) is 3. The molecule has 0 bridgehead atoms. The van der Waals surface area contributed by atoms with E-state index in [1.165, 1.54) is 25.4 Å². The van der Waals surface area contributed by atoms with Crippen molar-refractivity contribution >= 4 is 55.5 Å². The molecule has 4 heterocycles. The zero-order chi connectivity index (χ0) is 43.5. The highest BCUT2D eigenvalue weighted by molar-refractivity contribution is 7.87. The lowest BCUT2D eigenvalue weighted by molar-refractivity contribution is -0.134. The lowest BCUT2D eigenvalue weighted by Gasteiger charge is -2.30. The van der Waals surface area contributed by atoms with E-state index >= 15 is 0 Å². The molecule has 5 atom stereocenters. The van der Waals surface area contributed by atoms with Crippen LogP contribution in [0.5, 0.6) is 11.5 Å². The Kier molecular flexibility index (Phi) is 13.8. The van der Waals surface area contributed by atoms with Crippen molar-refractivity contribution in [3.05, 3.63) is 41.3 Å². The van der Waals surface area contributed by atoms with E-state index in [2.05, 4.69) is 41.4 Å². The Morgan fingerprint density at radius 2 is 1.77 bits per heavy atom. The number of aryl methyl sites for hydroxylation is 1. The van der Waals surface area contributed by atoms with Crippen LogP contribution in [0.15, 0.2) is 35.7 Å². The third kappa shape index (κ3) is 10.3. The van der Waals surface area contributed by atoms with Gasteiger partial charge < -0.3 is 29.7 Å². The minimum absolute atomic E-state index is 0.129. The monoisotopic (exact) mass is 879 g/mol. The van der Waals surface area contributed by atoms with Gasteiger partial charge in [0, 0.05) is 55.0 Å². The van der Waals surface area contributed by atoms with Gasteiger partial charge in [0.15, 0.2) is 5.13 Å². The first-order valence-corrected chi connectivity index (χ1v) is 24.1. The fourth-order valence-electron chi connectivity index (χ4n) is 9.04. The van der Waals surface area contributed by atoms with Crippen molar-refractivity contribution in [1.82, 2.24) is 29.2 Å². The van der Waals surface area contributed by atoms with Gasteiger partial charge in [0.2, 0.25) is 11.8 Å². The fourth-order valence-corrected chi connectivity index (χ4v) is 10.5. The van der Waals surface area contributed by atoms with Crippen LogP contribution in [0.4, 0.5) is 9.93 Å². The maximum absolute atomic E-state index is 14.8. The Morgan fingerprint density at radius 3 is 2.51 bits per heavy atom. The van der Waals surface area contributed by atoms with Gasteiger partial charge in [0.05, 0.1) is 30.3 Å². The van der Waals surface area contributed by atoms with E-state index in [-0.39, 0.29) is 36.6 Å². The highest BCUT2D eigenvalue weighted by atomic mass is 32.2. The second kappa shape index (κ2) is 18.9. The standard InChI is InChI=1S/C44H61N7O8S2/c1-27(2)45-42-47-36(26-60-42)35-23-38(33-18-19-37(57-6)28(3)39(33)46-35)58-32-22-30-20-21-44(41(53)49-61(55,56)50(4)5)24-29(44)14-10-8-7-9-11-17-34(40(52)51(30)25-32)48-43(54)59-31-15-12-13-16-31/h10,14,18-19,23,26-27,29-32,34H,7-9,11-13,15-17,20-22,24-25H2,1-6H3,(H,45,47)(H,48,54)(H,49,53)/t29?,30-,32-,34+,44+/m1/s1. The summed E-state index contributed by atoms with van der Waals surface area (Å²) < 4.78 is 47.4. The molecule has 15 nitrogen and oxygen atoms in total. The van der Waals surface area contributed by atoms with Gasteiger partial charge >= 0.3 is 16.3 Å². The third-order valence-electron chi connectivity index (χ3n) is 12.6. The van der Waals surface area contributed by atoms with Crippen molar-refractivity contribution in [3.8, 4) is 22.9 Å². The van der Waals surface area contributed by atoms with Crippen LogP contribution in [-0.2, 0) is 24.5 Å². The van der Waals surface area contributed by atoms with Gasteiger partial charge in [-0.1, -0.05) is 25.0 Å². The van der Waals surface area contributed by atoms with Gasteiger partial charge in [-0.2, -0.15) is 12.7 Å². The Balaban J connectivity index is 1.21. The summed E-state index contributed by atoms with van der Waals surface area (Å²) in [5.74, 6) is 0.395. The predicted octanol–water partition coefficient (Wildman–Crippen LogP) is 7.11. The molecule has 61 heavy (non-hydrogen) atoms. The summed E-state index contributed by atoms with van der Waals surface area (Å²) in [6, 6.07) is 4.75. The van der Waals surface area contributed by atoms with Crippen LogP contribution in [0, 0.1) is 18.3 Å². The van der Waals surface area contributed by atoms with Crippen LogP contribution in [0.3, 0.4) is 0 Å². The number of carbonyl (C=O) groups excluding carboxylic acids is 3. The topological polar surface area (TPSA) is 181 Å². The molecule has 2 aliphatic heterocycles. The average molecular weight is 880 g/mol. The lowest BCUT2D eigenvalue weighted by Crippen LogP contribution is -2.51. The second-order valence-corrected chi connectivity index (χ2v) is 20.3. The fraction of sp³-hybridized carbons (Fsp3) is 0.614. The van der Waals surface area contributed by atoms with Crippen molar-refractivity contribution in [3.63, 3.8) is 0 Å². The van der Waals surface area contributed by atoms with E-state index in [4.69, 9.17) is 24.2 Å². The maximum atomic E-state index is 14.8. The summed E-state index contributed by atoms with van der Waals surface area (Å²) in [6.07, 6.45) is 12.0. The molecule has 3 amide bonds. The number of aromatic nitrogens is 2. The summed E-state index contributed by atoms with van der Waals surface area (Å²) in [5, 5.41) is 9.85. The number of ether oxygens (including phenoxy) is 3. The number of fused-ring (bicyclic) bond motifs is 3. The van der Waals surface area contributed by atoms with Gasteiger partial charge in [-0.15, -0.1) is 11.3 Å². The SMILES string of the molecule is COc1ccc2c(O[C@@H]3C[C@H]4CC[C@]5(C(=O)NS(=O)(=O)N(C)C)CC5C=CCCCCC[C@H](NC(=O)OC5CCCC5)C(=O)N4C3)cc(-c3csc(NC(C)C)n3)nc2c1C. The van der Waals surface area contributed by atoms with Crippen LogP contribution in [0.2, 0.25) is 0 Å². The predicted molar refractivity (Wildman–Crippen MR) is 236 cm³/mol. The molecule has 3 fully saturated rings. The smallest absolute Gasteiger partial charge is 0.408 e. The number of alkyl carbamates (subject to hydrolysis) is 1. The van der Waals surface area contributed by atoms with E-state index in [0.717, 1.165) is 71.8 Å². The van der Waals surface area contributed by atoms with Crippen LogP contribution in [0.25, 0.3) is 22.3 Å². The molecule has 17 heteroatoms. The summed E-state index contributed by atoms with van der Waals surface area (Å²) in [5.41, 5.74) is 1.94. The molecule has 332 valence electrons. The average Bonchev–Trinajstić information content (AvgIpc) is 3.61. The van der Waals surface area contributed by atoms with Gasteiger partial charge in [0.1, 0.15) is 35.4 Å². The number of methoxy groups -OCH3 is 1. The molecule has 0 radical (unpaired) electrons. The second-order valence-electron chi connectivity index (χ2n) is 17.6. The quantitative estimate of drug-likeness (QED) is 0.167. The molecule has 7 rings (SSSR count). The molecule has 2 saturated carbocycles. The van der Waals surface area contributed by atoms with Crippen molar-refractivity contribution in [1.29, 1.82) is 0 Å². The first kappa shape index (κ1) is 44.6. The Hall–Kier alpha value is -4.48. The van der Waals surface area contributed by atoms with Crippen LogP contribution in [0.1, 0.15) is 103 Å². The van der Waals surface area contributed by atoms with Crippen molar-refractivity contribution < 1.29 is 37.0 Å². The summed E-state index contributed by atoms with van der Waals surface area (Å²) in [4.78, 5) is 53.7. The van der Waals surface area contributed by atoms with Crippen molar-refractivity contribution in [2.24, 2.45) is 11.3 Å². The molecule has 1 unspecified atom stereocenters. The number of anilines is 1. The summed E-state index contributed by atoms with van der Waals surface area (Å²) >= 11 is 1.50. The summed E-state index contributed by atoms with van der Waals surface area (Å²) in [6.45, 7) is 6.31. The first-order chi connectivity index (χ1) is 29.2. The Bertz CT molecular complexity index is 2220. The number of hydrogen-bond donors (Lipinski definition) is 3. The van der Waals surface area contributed by atoms with Gasteiger partial charge in [-0.05, 0) is 103 Å². The number of pyridine rings is 1. The van der Waals surface area contributed by atoms with E-state index in [1.807, 2.05) is 35.4 Å². The molecular weight excluding hydrogens is 819 g/mol. The maximum Gasteiger partial charge on any atom is 0.408 e. The Labute approximate surface area is 363 Å². The zero-order valence-electron chi connectivity index (χ0n) is 36.2. The van der Waals surface area contributed by atoms with E-state index in [0.29, 0.717) is 60.5 Å². The normalized spacial score (nSPS) is 25.1. The summed E-state index contributed by atoms with van der Waals surface area (Å²) in [7, 11) is 0.373. The number of hydrogen-bond acceptors (Lipinski definition) is 12. The molecule has 3 aromatic rings. The van der Waals surface area contributed by atoms with E-state index in [1.54, 1.807) is 7.11 Å². The highest BCUT2D eigenvalue weighted by Gasteiger charge is 2.59. The van der Waals surface area contributed by atoms with Crippen LogP contribution >= 0.6 is 11.3 Å². The number of carbonyl (C=O) groups is 3. The Morgan fingerprint density at radius 1 is 1.00 bits per heavy atom. The number of nitrogens with zero attached hydrogens (tertiary/aromatic N) is 4. The molecule has 2 aliphatic carbocycles. The molecule has 3 N–H and O–H groups in total. The minimum atomic E-state index is -4.02. The third-order valence-corrected chi connectivity index (χ3v) is 14.8. The van der Waals surface area contributed by atoms with Crippen LogP contribution < -0.4 is 24.8 Å². The molecule has 4 aliphatic rings. The highest BCUT2D eigenvalue weighted by Crippen LogP contribution is 2.58. The molecule has 1 aromatic carbocycles. The number of rotatable bonds is 11.